The molecule has 0 aromatic heterocycles. The van der Waals surface area contributed by atoms with Crippen molar-refractivity contribution in [1.29, 1.82) is 5.26 Å². The predicted octanol–water partition coefficient (Wildman–Crippen LogP) is 2.80. The van der Waals surface area contributed by atoms with Crippen LogP contribution in [0.1, 0.15) is 36.8 Å². The normalized spacial score (nSPS) is 20.7. The molecular weight excluding hydrogens is 308 g/mol. The Hall–Kier alpha value is -1.51. The van der Waals surface area contributed by atoms with E-state index in [1.807, 2.05) is 36.2 Å². The minimum absolute atomic E-state index is 0.177. The van der Waals surface area contributed by atoms with Gasteiger partial charge in [-0.2, -0.15) is 5.26 Å². The fourth-order valence-electron chi connectivity index (χ4n) is 2.95. The van der Waals surface area contributed by atoms with E-state index in [9.17, 15) is 9.90 Å². The Morgan fingerprint density at radius 2 is 1.96 bits per heavy atom. The van der Waals surface area contributed by atoms with Gasteiger partial charge in [0.15, 0.2) is 0 Å². The molecule has 0 spiro atoms. The van der Waals surface area contributed by atoms with E-state index in [0.29, 0.717) is 23.3 Å². The number of hydrogen-bond donors (Lipinski definition) is 1. The molecule has 5 heteroatoms. The number of benzene rings is 1. The Kier molecular flexibility index (Phi) is 6.94. The van der Waals surface area contributed by atoms with Crippen LogP contribution in [0.5, 0.6) is 0 Å². The maximum Gasteiger partial charge on any atom is 0.232 e. The lowest BCUT2D eigenvalue weighted by Gasteiger charge is -2.34. The highest BCUT2D eigenvalue weighted by molar-refractivity contribution is 7.99. The number of amides is 1. The van der Waals surface area contributed by atoms with E-state index < -0.39 is 0 Å². The van der Waals surface area contributed by atoms with E-state index in [1.165, 1.54) is 0 Å². The lowest BCUT2D eigenvalue weighted by atomic mass is 9.86. The number of nitriles is 1. The molecular formula is C18H24N2O2S. The number of nitrogens with zero attached hydrogens (tertiary/aromatic N) is 2. The molecule has 1 aromatic carbocycles. The number of rotatable bonds is 6. The quantitative estimate of drug-likeness (QED) is 0.870. The molecule has 0 unspecified atom stereocenters. The lowest BCUT2D eigenvalue weighted by Crippen LogP contribution is -2.40. The molecule has 1 aliphatic rings. The Morgan fingerprint density at radius 1 is 1.30 bits per heavy atom. The summed E-state index contributed by atoms with van der Waals surface area (Å²) in [5, 5.41) is 18.0. The first kappa shape index (κ1) is 17.8. The Bertz CT molecular complexity index is 545. The third kappa shape index (κ3) is 5.26. The number of carbonyl (C=O) groups excluding carboxylic acids is 1. The fraction of sp³-hybridized carbons (Fsp3) is 0.556. The van der Waals surface area contributed by atoms with Crippen molar-refractivity contribution >= 4 is 17.7 Å². The Balaban J connectivity index is 1.72. The fourth-order valence-corrected chi connectivity index (χ4v) is 3.86. The van der Waals surface area contributed by atoms with Crippen LogP contribution in [0.15, 0.2) is 24.3 Å². The highest BCUT2D eigenvalue weighted by Crippen LogP contribution is 2.27. The molecule has 4 nitrogen and oxygen atoms in total. The van der Waals surface area contributed by atoms with E-state index in [1.54, 1.807) is 11.8 Å². The second-order valence-electron chi connectivity index (χ2n) is 6.16. The number of aliphatic hydroxyl groups excluding tert-OH is 1. The molecule has 1 aromatic rings. The van der Waals surface area contributed by atoms with E-state index in [2.05, 4.69) is 6.07 Å². The van der Waals surface area contributed by atoms with Crippen molar-refractivity contribution in [3.63, 3.8) is 0 Å². The molecule has 0 heterocycles. The number of thioether (sulfide) groups is 1. The van der Waals surface area contributed by atoms with E-state index in [-0.39, 0.29) is 12.5 Å². The van der Waals surface area contributed by atoms with Crippen molar-refractivity contribution in [1.82, 2.24) is 4.90 Å². The van der Waals surface area contributed by atoms with Crippen LogP contribution in [0.4, 0.5) is 0 Å². The molecule has 23 heavy (non-hydrogen) atoms. The molecule has 124 valence electrons. The predicted molar refractivity (Wildman–Crippen MR) is 92.9 cm³/mol. The van der Waals surface area contributed by atoms with Crippen LogP contribution in [0.25, 0.3) is 0 Å². The van der Waals surface area contributed by atoms with Crippen LogP contribution < -0.4 is 0 Å². The highest BCUT2D eigenvalue weighted by Gasteiger charge is 2.25. The van der Waals surface area contributed by atoms with E-state index in [4.69, 9.17) is 5.26 Å². The monoisotopic (exact) mass is 332 g/mol. The van der Waals surface area contributed by atoms with Crippen LogP contribution in [-0.2, 0) is 10.5 Å². The molecule has 0 atom stereocenters. The molecule has 1 N–H and O–H groups in total. The minimum atomic E-state index is 0.177. The first-order chi connectivity index (χ1) is 11.1. The lowest BCUT2D eigenvalue weighted by molar-refractivity contribution is -0.129. The van der Waals surface area contributed by atoms with Gasteiger partial charge in [-0.15, -0.1) is 11.8 Å². The number of hydrogen-bond acceptors (Lipinski definition) is 4. The molecule has 1 saturated carbocycles. The van der Waals surface area contributed by atoms with E-state index >= 15 is 0 Å². The molecule has 1 aliphatic carbocycles. The summed E-state index contributed by atoms with van der Waals surface area (Å²) in [5.74, 6) is 1.86. The third-order valence-electron chi connectivity index (χ3n) is 4.59. The zero-order valence-corrected chi connectivity index (χ0v) is 14.4. The summed E-state index contributed by atoms with van der Waals surface area (Å²) in [6, 6.07) is 9.92. The van der Waals surface area contributed by atoms with Crippen molar-refractivity contribution in [3.8, 4) is 6.07 Å². The van der Waals surface area contributed by atoms with Gasteiger partial charge in [0, 0.05) is 25.4 Å². The summed E-state index contributed by atoms with van der Waals surface area (Å²) in [5.41, 5.74) is 1.79. The summed E-state index contributed by atoms with van der Waals surface area (Å²) in [6.45, 7) is 0.269. The maximum absolute atomic E-state index is 12.3. The first-order valence-corrected chi connectivity index (χ1v) is 9.22. The molecule has 1 fully saturated rings. The minimum Gasteiger partial charge on any atom is -0.396 e. The summed E-state index contributed by atoms with van der Waals surface area (Å²) in [6.07, 6.45) is 4.01. The van der Waals surface area contributed by atoms with Gasteiger partial charge in [-0.25, -0.2) is 0 Å². The van der Waals surface area contributed by atoms with E-state index in [0.717, 1.165) is 37.0 Å². The summed E-state index contributed by atoms with van der Waals surface area (Å²) in [4.78, 5) is 14.2. The van der Waals surface area contributed by atoms with Crippen molar-refractivity contribution in [2.45, 2.75) is 37.5 Å². The summed E-state index contributed by atoms with van der Waals surface area (Å²) < 4.78 is 0. The molecule has 0 bridgehead atoms. The van der Waals surface area contributed by atoms with Gasteiger partial charge in [0.1, 0.15) is 0 Å². The van der Waals surface area contributed by atoms with Gasteiger partial charge in [-0.1, -0.05) is 12.1 Å². The second kappa shape index (κ2) is 8.95. The highest BCUT2D eigenvalue weighted by atomic mass is 32.2. The smallest absolute Gasteiger partial charge is 0.232 e. The number of carbonyl (C=O) groups is 1. The summed E-state index contributed by atoms with van der Waals surface area (Å²) >= 11 is 1.61. The van der Waals surface area contributed by atoms with Crippen molar-refractivity contribution < 1.29 is 9.90 Å². The van der Waals surface area contributed by atoms with Gasteiger partial charge in [0.05, 0.1) is 17.4 Å². The van der Waals surface area contributed by atoms with Crippen LogP contribution in [0.2, 0.25) is 0 Å². The largest absolute Gasteiger partial charge is 0.396 e. The van der Waals surface area contributed by atoms with Gasteiger partial charge >= 0.3 is 0 Å². The molecule has 1 amide bonds. The topological polar surface area (TPSA) is 64.3 Å². The molecule has 0 aliphatic heterocycles. The Morgan fingerprint density at radius 3 is 2.52 bits per heavy atom. The first-order valence-electron chi connectivity index (χ1n) is 8.07. The van der Waals surface area contributed by atoms with Crippen LogP contribution in [0, 0.1) is 17.2 Å². The van der Waals surface area contributed by atoms with Crippen molar-refractivity contribution in [2.24, 2.45) is 5.92 Å². The summed E-state index contributed by atoms with van der Waals surface area (Å²) in [7, 11) is 1.90. The second-order valence-corrected chi connectivity index (χ2v) is 7.15. The van der Waals surface area contributed by atoms with Gasteiger partial charge in [0.2, 0.25) is 5.91 Å². The van der Waals surface area contributed by atoms with Gasteiger partial charge < -0.3 is 10.0 Å². The average Bonchev–Trinajstić information content (AvgIpc) is 2.61. The Labute approximate surface area is 142 Å². The zero-order valence-electron chi connectivity index (χ0n) is 13.6. The van der Waals surface area contributed by atoms with Crippen LogP contribution >= 0.6 is 11.8 Å². The van der Waals surface area contributed by atoms with Crippen molar-refractivity contribution in [3.05, 3.63) is 35.4 Å². The zero-order chi connectivity index (χ0) is 16.7. The van der Waals surface area contributed by atoms with Crippen LogP contribution in [-0.4, -0.2) is 41.4 Å². The van der Waals surface area contributed by atoms with Gasteiger partial charge in [-0.05, 0) is 49.3 Å². The SMILES string of the molecule is CN(C(=O)CSCc1ccc(C#N)cc1)C1CCC(CO)CC1. The molecule has 0 radical (unpaired) electrons. The third-order valence-corrected chi connectivity index (χ3v) is 5.58. The average molecular weight is 332 g/mol. The van der Waals surface area contributed by atoms with Gasteiger partial charge in [0.25, 0.3) is 0 Å². The number of aliphatic hydroxyl groups is 1. The molecule has 0 saturated heterocycles. The maximum atomic E-state index is 12.3. The van der Waals surface area contributed by atoms with Gasteiger partial charge in [-0.3, -0.25) is 4.79 Å². The molecule has 2 rings (SSSR count). The standard InChI is InChI=1S/C18H24N2O2S/c1-20(17-8-6-15(11-21)7-9-17)18(22)13-23-12-16-4-2-14(10-19)3-5-16/h2-5,15,17,21H,6-9,11-13H2,1H3. The van der Waals surface area contributed by atoms with Crippen LogP contribution in [0.3, 0.4) is 0 Å². The van der Waals surface area contributed by atoms with Crippen molar-refractivity contribution in [2.75, 3.05) is 19.4 Å².